The van der Waals surface area contributed by atoms with Crippen LogP contribution in [0.1, 0.15) is 19.8 Å². The number of amides is 2. The van der Waals surface area contributed by atoms with E-state index in [1.54, 1.807) is 19.1 Å². The molecular formula is C14H27N5O3. The Labute approximate surface area is 131 Å². The van der Waals surface area contributed by atoms with Crippen LogP contribution >= 0.6 is 0 Å². The van der Waals surface area contributed by atoms with E-state index in [9.17, 15) is 9.59 Å². The number of rotatable bonds is 7. The zero-order valence-electron chi connectivity index (χ0n) is 13.6. The molecule has 8 nitrogen and oxygen atoms in total. The van der Waals surface area contributed by atoms with Gasteiger partial charge in [-0.3, -0.25) is 9.59 Å². The molecule has 0 aliphatic carbocycles. The SMILES string of the molecule is CCNC(=NCC(=O)NCCOC)NC1CCC(=O)N(C)C1. The highest BCUT2D eigenvalue weighted by atomic mass is 16.5. The van der Waals surface area contributed by atoms with Crippen molar-refractivity contribution in [2.45, 2.75) is 25.8 Å². The summed E-state index contributed by atoms with van der Waals surface area (Å²) in [6, 6.07) is 0.150. The number of carbonyl (C=O) groups is 2. The second-order valence-electron chi connectivity index (χ2n) is 5.19. The van der Waals surface area contributed by atoms with Gasteiger partial charge in [0.2, 0.25) is 11.8 Å². The molecule has 1 saturated heterocycles. The molecule has 0 bridgehead atoms. The van der Waals surface area contributed by atoms with Crippen molar-refractivity contribution in [3.63, 3.8) is 0 Å². The number of likely N-dealkylation sites (N-methyl/N-ethyl adjacent to an activating group) is 1. The largest absolute Gasteiger partial charge is 0.383 e. The van der Waals surface area contributed by atoms with Crippen molar-refractivity contribution in [2.75, 3.05) is 46.9 Å². The number of piperidine rings is 1. The van der Waals surface area contributed by atoms with E-state index in [1.807, 2.05) is 6.92 Å². The summed E-state index contributed by atoms with van der Waals surface area (Å²) in [5.41, 5.74) is 0. The number of aliphatic imine (C=N–C) groups is 1. The van der Waals surface area contributed by atoms with Crippen molar-refractivity contribution in [3.8, 4) is 0 Å². The average molecular weight is 313 g/mol. The van der Waals surface area contributed by atoms with Crippen molar-refractivity contribution in [3.05, 3.63) is 0 Å². The first-order valence-corrected chi connectivity index (χ1v) is 7.61. The number of carbonyl (C=O) groups excluding carboxylic acids is 2. The highest BCUT2D eigenvalue weighted by Crippen LogP contribution is 2.09. The lowest BCUT2D eigenvalue weighted by Gasteiger charge is -2.31. The van der Waals surface area contributed by atoms with Crippen LogP contribution in [0.2, 0.25) is 0 Å². The fraction of sp³-hybridized carbons (Fsp3) is 0.786. The molecule has 0 aromatic rings. The number of ether oxygens (including phenoxy) is 1. The summed E-state index contributed by atoms with van der Waals surface area (Å²) in [6.45, 7) is 4.33. The van der Waals surface area contributed by atoms with Crippen LogP contribution in [0.15, 0.2) is 4.99 Å². The van der Waals surface area contributed by atoms with Gasteiger partial charge in [0, 0.05) is 46.3 Å². The average Bonchev–Trinajstić information content (AvgIpc) is 2.49. The van der Waals surface area contributed by atoms with Gasteiger partial charge >= 0.3 is 0 Å². The zero-order valence-corrected chi connectivity index (χ0v) is 13.6. The van der Waals surface area contributed by atoms with Gasteiger partial charge in [0.05, 0.1) is 6.61 Å². The minimum Gasteiger partial charge on any atom is -0.383 e. The fourth-order valence-electron chi connectivity index (χ4n) is 2.14. The molecule has 3 N–H and O–H groups in total. The fourth-order valence-corrected chi connectivity index (χ4v) is 2.14. The molecule has 0 radical (unpaired) electrons. The quantitative estimate of drug-likeness (QED) is 0.316. The number of nitrogens with one attached hydrogen (secondary N) is 3. The lowest BCUT2D eigenvalue weighted by molar-refractivity contribution is -0.132. The standard InChI is InChI=1S/C14H27N5O3/c1-4-15-14(17-9-12(20)16-7-8-22-3)18-11-5-6-13(21)19(2)10-11/h11H,4-10H2,1-3H3,(H,16,20)(H2,15,17,18). The van der Waals surface area contributed by atoms with Crippen LogP contribution in [-0.2, 0) is 14.3 Å². The Bertz CT molecular complexity index is 400. The van der Waals surface area contributed by atoms with Gasteiger partial charge in [-0.1, -0.05) is 0 Å². The molecule has 0 aromatic heterocycles. The first kappa shape index (κ1) is 18.2. The molecule has 1 unspecified atom stereocenters. The van der Waals surface area contributed by atoms with Gasteiger partial charge < -0.3 is 25.6 Å². The summed E-state index contributed by atoms with van der Waals surface area (Å²) < 4.78 is 4.87. The number of methoxy groups -OCH3 is 1. The minimum absolute atomic E-state index is 0.0561. The Morgan fingerprint density at radius 3 is 2.86 bits per heavy atom. The molecule has 1 fully saturated rings. The summed E-state index contributed by atoms with van der Waals surface area (Å²) in [6.07, 6.45) is 1.30. The topological polar surface area (TPSA) is 95.1 Å². The molecule has 0 spiro atoms. The van der Waals surface area contributed by atoms with E-state index < -0.39 is 0 Å². The van der Waals surface area contributed by atoms with Crippen LogP contribution in [0, 0.1) is 0 Å². The van der Waals surface area contributed by atoms with Gasteiger partial charge in [0.25, 0.3) is 0 Å². The third-order valence-electron chi connectivity index (χ3n) is 3.32. The second kappa shape index (κ2) is 9.99. The predicted octanol–water partition coefficient (Wildman–Crippen LogP) is -1.08. The molecule has 1 rings (SSSR count). The summed E-state index contributed by atoms with van der Waals surface area (Å²) in [5.74, 6) is 0.611. The highest BCUT2D eigenvalue weighted by Gasteiger charge is 2.23. The van der Waals surface area contributed by atoms with Gasteiger partial charge in [-0.2, -0.15) is 0 Å². The van der Waals surface area contributed by atoms with Crippen molar-refractivity contribution in [1.82, 2.24) is 20.9 Å². The van der Waals surface area contributed by atoms with Gasteiger partial charge in [-0.25, -0.2) is 4.99 Å². The normalized spacial score (nSPS) is 19.0. The predicted molar refractivity (Wildman–Crippen MR) is 84.7 cm³/mol. The molecule has 1 heterocycles. The maximum absolute atomic E-state index is 11.6. The number of likely N-dealkylation sites (tertiary alicyclic amines) is 1. The molecule has 1 atom stereocenters. The Morgan fingerprint density at radius 1 is 1.45 bits per heavy atom. The summed E-state index contributed by atoms with van der Waals surface area (Å²) in [4.78, 5) is 29.1. The monoisotopic (exact) mass is 313 g/mol. The van der Waals surface area contributed by atoms with E-state index in [0.717, 1.165) is 6.42 Å². The minimum atomic E-state index is -0.148. The van der Waals surface area contributed by atoms with Crippen molar-refractivity contribution >= 4 is 17.8 Å². The Morgan fingerprint density at radius 2 is 2.23 bits per heavy atom. The van der Waals surface area contributed by atoms with Crippen LogP contribution < -0.4 is 16.0 Å². The van der Waals surface area contributed by atoms with Crippen molar-refractivity contribution in [1.29, 1.82) is 0 Å². The first-order valence-electron chi connectivity index (χ1n) is 7.61. The van der Waals surface area contributed by atoms with Crippen LogP contribution in [0.3, 0.4) is 0 Å². The maximum atomic E-state index is 11.6. The number of nitrogens with zero attached hydrogens (tertiary/aromatic N) is 2. The molecule has 126 valence electrons. The molecule has 22 heavy (non-hydrogen) atoms. The van der Waals surface area contributed by atoms with Crippen LogP contribution in [0.5, 0.6) is 0 Å². The van der Waals surface area contributed by atoms with E-state index in [0.29, 0.717) is 38.6 Å². The van der Waals surface area contributed by atoms with E-state index in [2.05, 4.69) is 20.9 Å². The van der Waals surface area contributed by atoms with E-state index in [4.69, 9.17) is 4.74 Å². The number of hydrogen-bond donors (Lipinski definition) is 3. The molecule has 0 saturated carbocycles. The summed E-state index contributed by atoms with van der Waals surface area (Å²) in [5, 5.41) is 9.10. The Hall–Kier alpha value is -1.83. The van der Waals surface area contributed by atoms with E-state index >= 15 is 0 Å². The lowest BCUT2D eigenvalue weighted by Crippen LogP contribution is -2.51. The Kier molecular flexibility index (Phi) is 8.27. The summed E-state index contributed by atoms with van der Waals surface area (Å²) in [7, 11) is 3.38. The highest BCUT2D eigenvalue weighted by molar-refractivity contribution is 5.85. The number of hydrogen-bond acceptors (Lipinski definition) is 4. The molecule has 1 aliphatic heterocycles. The maximum Gasteiger partial charge on any atom is 0.241 e. The van der Waals surface area contributed by atoms with E-state index in [-0.39, 0.29) is 24.4 Å². The van der Waals surface area contributed by atoms with Crippen LogP contribution in [0.25, 0.3) is 0 Å². The molecular weight excluding hydrogens is 286 g/mol. The van der Waals surface area contributed by atoms with Gasteiger partial charge in [-0.15, -0.1) is 0 Å². The third kappa shape index (κ3) is 6.75. The second-order valence-corrected chi connectivity index (χ2v) is 5.19. The molecule has 0 aromatic carbocycles. The molecule has 1 aliphatic rings. The molecule has 8 heteroatoms. The van der Waals surface area contributed by atoms with Gasteiger partial charge in [0.15, 0.2) is 5.96 Å². The number of guanidine groups is 1. The molecule has 2 amide bonds. The van der Waals surface area contributed by atoms with Crippen LogP contribution in [-0.4, -0.2) is 75.7 Å². The van der Waals surface area contributed by atoms with Crippen LogP contribution in [0.4, 0.5) is 0 Å². The van der Waals surface area contributed by atoms with Gasteiger partial charge in [-0.05, 0) is 13.3 Å². The lowest BCUT2D eigenvalue weighted by atomic mass is 10.1. The van der Waals surface area contributed by atoms with Crippen molar-refractivity contribution < 1.29 is 14.3 Å². The van der Waals surface area contributed by atoms with E-state index in [1.165, 1.54) is 0 Å². The van der Waals surface area contributed by atoms with Gasteiger partial charge in [0.1, 0.15) is 6.54 Å². The third-order valence-corrected chi connectivity index (χ3v) is 3.32. The smallest absolute Gasteiger partial charge is 0.241 e. The first-order chi connectivity index (χ1) is 10.6. The Balaban J connectivity index is 2.44. The van der Waals surface area contributed by atoms with Crippen molar-refractivity contribution in [2.24, 2.45) is 4.99 Å². The zero-order chi connectivity index (χ0) is 16.4. The summed E-state index contributed by atoms with van der Waals surface area (Å²) >= 11 is 0.